The number of nitrogens with zero attached hydrogens (tertiary/aromatic N) is 3. The molecule has 2 rings (SSSR count). The summed E-state index contributed by atoms with van der Waals surface area (Å²) in [4.78, 5) is 9.09. The van der Waals surface area contributed by atoms with E-state index >= 15 is 0 Å². The van der Waals surface area contributed by atoms with Gasteiger partial charge in [-0.2, -0.15) is 0 Å². The van der Waals surface area contributed by atoms with Crippen LogP contribution in [0.25, 0.3) is 0 Å². The third-order valence-corrected chi connectivity index (χ3v) is 4.12. The van der Waals surface area contributed by atoms with E-state index < -0.39 is 0 Å². The second kappa shape index (κ2) is 7.10. The lowest BCUT2D eigenvalue weighted by Gasteiger charge is -2.35. The van der Waals surface area contributed by atoms with E-state index in [1.165, 1.54) is 12.8 Å². The fraction of sp³-hybridized carbons (Fsp3) is 0.929. The zero-order chi connectivity index (χ0) is 13.7. The van der Waals surface area contributed by atoms with E-state index in [1.54, 1.807) is 0 Å². The van der Waals surface area contributed by atoms with Crippen molar-refractivity contribution in [2.24, 2.45) is 10.9 Å². The lowest BCUT2D eigenvalue weighted by molar-refractivity contribution is -0.0164. The lowest BCUT2D eigenvalue weighted by atomic mass is 10.00. The van der Waals surface area contributed by atoms with Gasteiger partial charge in [0.05, 0.1) is 12.7 Å². The van der Waals surface area contributed by atoms with Crippen LogP contribution in [-0.4, -0.2) is 75.3 Å². The van der Waals surface area contributed by atoms with Crippen molar-refractivity contribution in [1.82, 2.24) is 15.1 Å². The molecule has 0 aromatic carbocycles. The van der Waals surface area contributed by atoms with Crippen molar-refractivity contribution in [2.75, 3.05) is 53.4 Å². The lowest BCUT2D eigenvalue weighted by Crippen LogP contribution is -2.50. The molecule has 5 heteroatoms. The number of ether oxygens (including phenoxy) is 1. The van der Waals surface area contributed by atoms with Crippen LogP contribution in [0.1, 0.15) is 19.8 Å². The number of morpholine rings is 1. The fourth-order valence-corrected chi connectivity index (χ4v) is 2.75. The number of likely N-dealkylation sites (N-methyl/N-ethyl adjacent to an activating group) is 1. The monoisotopic (exact) mass is 268 g/mol. The standard InChI is InChI=1S/C14H28N4O/c1-12-4-6-18(7-5-12)14(15-2)16-10-13-11-17(3)8-9-19-13/h12-13H,4-11H2,1-3H3,(H,15,16). The molecule has 2 saturated heterocycles. The van der Waals surface area contributed by atoms with Gasteiger partial charge in [-0.15, -0.1) is 0 Å². The van der Waals surface area contributed by atoms with Crippen LogP contribution in [0.5, 0.6) is 0 Å². The number of rotatable bonds is 2. The Kier molecular flexibility index (Phi) is 5.45. The number of hydrogen-bond donors (Lipinski definition) is 1. The van der Waals surface area contributed by atoms with Crippen LogP contribution < -0.4 is 5.32 Å². The number of hydrogen-bond acceptors (Lipinski definition) is 3. The first-order valence-corrected chi connectivity index (χ1v) is 7.44. The van der Waals surface area contributed by atoms with E-state index in [4.69, 9.17) is 4.74 Å². The number of guanidine groups is 1. The molecule has 1 N–H and O–H groups in total. The highest BCUT2D eigenvalue weighted by Gasteiger charge is 2.21. The molecule has 0 spiro atoms. The van der Waals surface area contributed by atoms with Crippen LogP contribution in [-0.2, 0) is 4.74 Å². The Bertz CT molecular complexity index is 300. The zero-order valence-corrected chi connectivity index (χ0v) is 12.6. The Morgan fingerprint density at radius 1 is 1.32 bits per heavy atom. The van der Waals surface area contributed by atoms with E-state index in [0.29, 0.717) is 0 Å². The second-order valence-electron chi connectivity index (χ2n) is 5.85. The Morgan fingerprint density at radius 3 is 2.68 bits per heavy atom. The van der Waals surface area contributed by atoms with Gasteiger partial charge in [0.1, 0.15) is 0 Å². The van der Waals surface area contributed by atoms with Gasteiger partial charge in [-0.1, -0.05) is 6.92 Å². The average Bonchev–Trinajstić information content (AvgIpc) is 2.41. The molecule has 0 aromatic heterocycles. The number of likely N-dealkylation sites (tertiary alicyclic amines) is 1. The van der Waals surface area contributed by atoms with Crippen LogP contribution in [0.4, 0.5) is 0 Å². The normalized spacial score (nSPS) is 27.6. The maximum Gasteiger partial charge on any atom is 0.193 e. The molecule has 5 nitrogen and oxygen atoms in total. The molecular formula is C14H28N4O. The first kappa shape index (κ1) is 14.6. The smallest absolute Gasteiger partial charge is 0.193 e. The fourth-order valence-electron chi connectivity index (χ4n) is 2.75. The van der Waals surface area contributed by atoms with Gasteiger partial charge in [0.15, 0.2) is 5.96 Å². The predicted molar refractivity (Wildman–Crippen MR) is 78.6 cm³/mol. The second-order valence-corrected chi connectivity index (χ2v) is 5.85. The highest BCUT2D eigenvalue weighted by Crippen LogP contribution is 2.15. The molecule has 1 unspecified atom stereocenters. The topological polar surface area (TPSA) is 40.1 Å². The van der Waals surface area contributed by atoms with Gasteiger partial charge >= 0.3 is 0 Å². The van der Waals surface area contributed by atoms with Crippen molar-refractivity contribution in [2.45, 2.75) is 25.9 Å². The van der Waals surface area contributed by atoms with Gasteiger partial charge in [-0.05, 0) is 25.8 Å². The van der Waals surface area contributed by atoms with E-state index in [2.05, 4.69) is 34.1 Å². The first-order valence-electron chi connectivity index (χ1n) is 7.44. The third kappa shape index (κ3) is 4.35. The summed E-state index contributed by atoms with van der Waals surface area (Å²) >= 11 is 0. The minimum absolute atomic E-state index is 0.277. The van der Waals surface area contributed by atoms with Crippen molar-refractivity contribution in [3.63, 3.8) is 0 Å². The minimum Gasteiger partial charge on any atom is -0.374 e. The summed E-state index contributed by atoms with van der Waals surface area (Å²) in [6.07, 6.45) is 2.81. The Balaban J connectivity index is 1.76. The van der Waals surface area contributed by atoms with Gasteiger partial charge in [0.25, 0.3) is 0 Å². The van der Waals surface area contributed by atoms with Gasteiger partial charge in [0.2, 0.25) is 0 Å². The molecule has 0 amide bonds. The summed E-state index contributed by atoms with van der Waals surface area (Å²) < 4.78 is 5.77. The van der Waals surface area contributed by atoms with Crippen molar-refractivity contribution in [3.8, 4) is 0 Å². The molecule has 2 fully saturated rings. The minimum atomic E-state index is 0.277. The predicted octanol–water partition coefficient (Wildman–Crippen LogP) is 0.624. The molecule has 0 aromatic rings. The van der Waals surface area contributed by atoms with E-state index in [-0.39, 0.29) is 6.10 Å². The molecule has 0 bridgehead atoms. The van der Waals surface area contributed by atoms with Gasteiger partial charge in [-0.25, -0.2) is 0 Å². The summed E-state index contributed by atoms with van der Waals surface area (Å²) in [5.74, 6) is 1.88. The molecule has 2 aliphatic heterocycles. The molecule has 0 saturated carbocycles. The van der Waals surface area contributed by atoms with Crippen LogP contribution in [0, 0.1) is 5.92 Å². The Morgan fingerprint density at radius 2 is 2.05 bits per heavy atom. The molecule has 0 radical (unpaired) electrons. The number of nitrogens with one attached hydrogen (secondary N) is 1. The molecule has 19 heavy (non-hydrogen) atoms. The summed E-state index contributed by atoms with van der Waals surface area (Å²) in [5.41, 5.74) is 0. The largest absolute Gasteiger partial charge is 0.374 e. The van der Waals surface area contributed by atoms with Crippen molar-refractivity contribution in [1.29, 1.82) is 0 Å². The van der Waals surface area contributed by atoms with Crippen LogP contribution in [0.15, 0.2) is 4.99 Å². The summed E-state index contributed by atoms with van der Waals surface area (Å²) in [6, 6.07) is 0. The first-order chi connectivity index (χ1) is 9.19. The maximum absolute atomic E-state index is 5.77. The third-order valence-electron chi connectivity index (χ3n) is 4.12. The van der Waals surface area contributed by atoms with E-state index in [1.807, 2.05) is 7.05 Å². The highest BCUT2D eigenvalue weighted by molar-refractivity contribution is 5.79. The highest BCUT2D eigenvalue weighted by atomic mass is 16.5. The molecule has 110 valence electrons. The number of piperidine rings is 1. The van der Waals surface area contributed by atoms with Crippen molar-refractivity contribution < 1.29 is 4.74 Å². The SMILES string of the molecule is CN=C(NCC1CN(C)CCO1)N1CCC(C)CC1. The van der Waals surface area contributed by atoms with Gasteiger partial charge < -0.3 is 19.9 Å². The Hall–Kier alpha value is -0.810. The molecule has 0 aliphatic carbocycles. The summed E-state index contributed by atoms with van der Waals surface area (Å²) in [5, 5.41) is 3.47. The molecular weight excluding hydrogens is 240 g/mol. The van der Waals surface area contributed by atoms with Crippen LogP contribution >= 0.6 is 0 Å². The van der Waals surface area contributed by atoms with E-state index in [0.717, 1.165) is 51.2 Å². The quantitative estimate of drug-likeness (QED) is 0.589. The molecule has 1 atom stereocenters. The zero-order valence-electron chi connectivity index (χ0n) is 12.6. The van der Waals surface area contributed by atoms with Crippen LogP contribution in [0.3, 0.4) is 0 Å². The van der Waals surface area contributed by atoms with Gasteiger partial charge in [-0.3, -0.25) is 4.99 Å². The number of aliphatic imine (C=N–C) groups is 1. The van der Waals surface area contributed by atoms with E-state index in [9.17, 15) is 0 Å². The van der Waals surface area contributed by atoms with Crippen molar-refractivity contribution >= 4 is 5.96 Å². The van der Waals surface area contributed by atoms with Crippen molar-refractivity contribution in [3.05, 3.63) is 0 Å². The molecule has 2 heterocycles. The Labute approximate surface area is 117 Å². The van der Waals surface area contributed by atoms with Gasteiger partial charge in [0, 0.05) is 39.8 Å². The average molecular weight is 268 g/mol. The summed E-state index contributed by atoms with van der Waals surface area (Å²) in [6.45, 7) is 8.29. The summed E-state index contributed by atoms with van der Waals surface area (Å²) in [7, 11) is 4.02. The van der Waals surface area contributed by atoms with Crippen LogP contribution in [0.2, 0.25) is 0 Å². The molecule has 2 aliphatic rings. The maximum atomic E-state index is 5.77.